The van der Waals surface area contributed by atoms with Gasteiger partial charge in [-0.2, -0.15) is 0 Å². The van der Waals surface area contributed by atoms with Gasteiger partial charge >= 0.3 is 5.97 Å². The topological polar surface area (TPSA) is 29.5 Å². The fourth-order valence-electron chi connectivity index (χ4n) is 4.02. The molecule has 0 spiro atoms. The van der Waals surface area contributed by atoms with E-state index in [2.05, 4.69) is 36.1 Å². The summed E-state index contributed by atoms with van der Waals surface area (Å²) in [4.78, 5) is 14.7. The van der Waals surface area contributed by atoms with Crippen molar-refractivity contribution in [2.45, 2.75) is 51.2 Å². The summed E-state index contributed by atoms with van der Waals surface area (Å²) < 4.78 is 5.31. The van der Waals surface area contributed by atoms with Crippen molar-refractivity contribution in [2.24, 2.45) is 5.92 Å². The van der Waals surface area contributed by atoms with Gasteiger partial charge in [-0.1, -0.05) is 30.3 Å². The first kappa shape index (κ1) is 13.6. The van der Waals surface area contributed by atoms with Gasteiger partial charge in [-0.3, -0.25) is 9.69 Å². The first-order valence-electron chi connectivity index (χ1n) is 7.71. The van der Waals surface area contributed by atoms with Crippen LogP contribution >= 0.6 is 0 Å². The minimum atomic E-state index is -0.0380. The Morgan fingerprint density at radius 3 is 2.80 bits per heavy atom. The van der Waals surface area contributed by atoms with E-state index in [1.807, 2.05) is 13.0 Å². The number of piperidine rings is 1. The molecule has 0 unspecified atom stereocenters. The quantitative estimate of drug-likeness (QED) is 0.789. The lowest BCUT2D eigenvalue weighted by Crippen LogP contribution is -2.47. The molecule has 1 aliphatic heterocycles. The SMILES string of the molecule is CCOC(=O)[C@@H]1[C@H]2CC[C@H](C2)N1[C@H](C)c1ccccc1. The van der Waals surface area contributed by atoms with Crippen molar-refractivity contribution in [1.29, 1.82) is 0 Å². The molecular formula is C17H23NO2. The van der Waals surface area contributed by atoms with Crippen LogP contribution in [0, 0.1) is 5.92 Å². The lowest BCUT2D eigenvalue weighted by Gasteiger charge is -2.38. The smallest absolute Gasteiger partial charge is 0.323 e. The Labute approximate surface area is 120 Å². The van der Waals surface area contributed by atoms with E-state index in [9.17, 15) is 4.79 Å². The molecule has 3 nitrogen and oxygen atoms in total. The van der Waals surface area contributed by atoms with Crippen LogP contribution in [-0.4, -0.2) is 29.6 Å². The zero-order valence-electron chi connectivity index (χ0n) is 12.3. The fourth-order valence-corrected chi connectivity index (χ4v) is 4.02. The summed E-state index contributed by atoms with van der Waals surface area (Å²) in [6, 6.07) is 11.3. The molecule has 3 rings (SSSR count). The van der Waals surface area contributed by atoms with Crippen LogP contribution in [0.5, 0.6) is 0 Å². The molecule has 0 amide bonds. The first-order valence-corrected chi connectivity index (χ1v) is 7.71. The van der Waals surface area contributed by atoms with Gasteiger partial charge in [-0.15, -0.1) is 0 Å². The molecule has 1 saturated carbocycles. The van der Waals surface area contributed by atoms with Crippen molar-refractivity contribution in [3.63, 3.8) is 0 Å². The van der Waals surface area contributed by atoms with Gasteiger partial charge < -0.3 is 4.74 Å². The van der Waals surface area contributed by atoms with Gasteiger partial charge in [0.25, 0.3) is 0 Å². The van der Waals surface area contributed by atoms with Gasteiger partial charge in [0, 0.05) is 12.1 Å². The average molecular weight is 273 g/mol. The Hall–Kier alpha value is -1.35. The van der Waals surface area contributed by atoms with Crippen LogP contribution in [0.1, 0.15) is 44.7 Å². The molecule has 108 valence electrons. The van der Waals surface area contributed by atoms with Crippen LogP contribution in [0.25, 0.3) is 0 Å². The molecule has 2 aliphatic rings. The summed E-state index contributed by atoms with van der Waals surface area (Å²) in [7, 11) is 0. The lowest BCUT2D eigenvalue weighted by molar-refractivity contribution is -0.152. The van der Waals surface area contributed by atoms with E-state index in [0.717, 1.165) is 6.42 Å². The summed E-state index contributed by atoms with van der Waals surface area (Å²) in [5.74, 6) is 0.465. The number of ether oxygens (including phenoxy) is 1. The van der Waals surface area contributed by atoms with Crippen LogP contribution < -0.4 is 0 Å². The second-order valence-electron chi connectivity index (χ2n) is 5.96. The molecule has 0 aromatic heterocycles. The van der Waals surface area contributed by atoms with Crippen molar-refractivity contribution < 1.29 is 9.53 Å². The predicted molar refractivity (Wildman–Crippen MR) is 78.2 cm³/mol. The van der Waals surface area contributed by atoms with Gasteiger partial charge in [-0.25, -0.2) is 0 Å². The highest BCUT2D eigenvalue weighted by atomic mass is 16.5. The molecule has 0 N–H and O–H groups in total. The number of esters is 1. The zero-order chi connectivity index (χ0) is 14.1. The van der Waals surface area contributed by atoms with E-state index < -0.39 is 0 Å². The molecule has 1 heterocycles. The van der Waals surface area contributed by atoms with E-state index in [1.165, 1.54) is 18.4 Å². The molecule has 2 bridgehead atoms. The van der Waals surface area contributed by atoms with E-state index in [0.29, 0.717) is 18.6 Å². The fraction of sp³-hybridized carbons (Fsp3) is 0.588. The molecular weight excluding hydrogens is 250 g/mol. The Bertz CT molecular complexity index is 473. The number of rotatable bonds is 4. The molecule has 4 atom stereocenters. The molecule has 0 radical (unpaired) electrons. The summed E-state index contributed by atoms with van der Waals surface area (Å²) in [5, 5.41) is 0. The number of benzene rings is 1. The molecule has 1 aliphatic carbocycles. The highest BCUT2D eigenvalue weighted by Gasteiger charge is 2.51. The summed E-state index contributed by atoms with van der Waals surface area (Å²) in [6.07, 6.45) is 3.55. The Kier molecular flexibility index (Phi) is 3.79. The van der Waals surface area contributed by atoms with Gasteiger partial charge in [0.05, 0.1) is 6.61 Å². The van der Waals surface area contributed by atoms with Crippen LogP contribution in [0.4, 0.5) is 0 Å². The predicted octanol–water partition coefficient (Wildman–Crippen LogP) is 3.16. The number of likely N-dealkylation sites (tertiary alicyclic amines) is 1. The molecule has 2 fully saturated rings. The number of hydrogen-bond acceptors (Lipinski definition) is 3. The van der Waals surface area contributed by atoms with Gasteiger partial charge in [-0.05, 0) is 44.6 Å². The number of nitrogens with zero attached hydrogens (tertiary/aromatic N) is 1. The number of carbonyl (C=O) groups excluding carboxylic acids is 1. The highest BCUT2D eigenvalue weighted by Crippen LogP contribution is 2.46. The van der Waals surface area contributed by atoms with Gasteiger partial charge in [0.15, 0.2) is 0 Å². The molecule has 1 saturated heterocycles. The Balaban J connectivity index is 1.84. The third-order valence-electron chi connectivity index (χ3n) is 4.89. The van der Waals surface area contributed by atoms with Crippen LogP contribution in [-0.2, 0) is 9.53 Å². The van der Waals surface area contributed by atoms with Gasteiger partial charge in [0.1, 0.15) is 6.04 Å². The third-order valence-corrected chi connectivity index (χ3v) is 4.89. The van der Waals surface area contributed by atoms with Crippen molar-refractivity contribution >= 4 is 5.97 Å². The second kappa shape index (κ2) is 5.57. The second-order valence-corrected chi connectivity index (χ2v) is 5.96. The van der Waals surface area contributed by atoms with Gasteiger partial charge in [0.2, 0.25) is 0 Å². The number of hydrogen-bond donors (Lipinski definition) is 0. The van der Waals surface area contributed by atoms with E-state index >= 15 is 0 Å². The summed E-state index contributed by atoms with van der Waals surface area (Å²) >= 11 is 0. The largest absolute Gasteiger partial charge is 0.465 e. The minimum absolute atomic E-state index is 0.0255. The normalized spacial score (nSPS) is 30.4. The minimum Gasteiger partial charge on any atom is -0.465 e. The van der Waals surface area contributed by atoms with Crippen LogP contribution in [0.3, 0.4) is 0 Å². The summed E-state index contributed by atoms with van der Waals surface area (Å²) in [5.41, 5.74) is 1.29. The zero-order valence-corrected chi connectivity index (χ0v) is 12.3. The Morgan fingerprint density at radius 2 is 2.10 bits per heavy atom. The van der Waals surface area contributed by atoms with Crippen LogP contribution in [0.2, 0.25) is 0 Å². The maximum absolute atomic E-state index is 12.3. The van der Waals surface area contributed by atoms with E-state index in [4.69, 9.17) is 4.74 Å². The monoisotopic (exact) mass is 273 g/mol. The number of fused-ring (bicyclic) bond motifs is 2. The van der Waals surface area contributed by atoms with Crippen molar-refractivity contribution in [3.05, 3.63) is 35.9 Å². The standard InChI is InChI=1S/C17H23NO2/c1-3-20-17(19)16-14-9-10-15(11-14)18(16)12(2)13-7-5-4-6-8-13/h4-8,12,14-16H,3,9-11H2,1-2H3/t12-,14+,15-,16+/m1/s1. The summed E-state index contributed by atoms with van der Waals surface area (Å²) in [6.45, 7) is 4.57. The van der Waals surface area contributed by atoms with E-state index in [1.54, 1.807) is 0 Å². The molecule has 3 heteroatoms. The highest BCUT2D eigenvalue weighted by molar-refractivity contribution is 5.77. The molecule has 1 aromatic rings. The van der Waals surface area contributed by atoms with Crippen molar-refractivity contribution in [3.8, 4) is 0 Å². The van der Waals surface area contributed by atoms with Crippen LogP contribution in [0.15, 0.2) is 30.3 Å². The number of carbonyl (C=O) groups is 1. The molecule has 1 aromatic carbocycles. The van der Waals surface area contributed by atoms with Crippen molar-refractivity contribution in [2.75, 3.05) is 6.61 Å². The van der Waals surface area contributed by atoms with E-state index in [-0.39, 0.29) is 18.1 Å². The lowest BCUT2D eigenvalue weighted by atomic mass is 9.96. The molecule has 20 heavy (non-hydrogen) atoms. The Morgan fingerprint density at radius 1 is 1.35 bits per heavy atom. The third kappa shape index (κ3) is 2.24. The maximum Gasteiger partial charge on any atom is 0.323 e. The van der Waals surface area contributed by atoms with Crippen molar-refractivity contribution in [1.82, 2.24) is 4.90 Å². The average Bonchev–Trinajstić information content (AvgIpc) is 3.08. The maximum atomic E-state index is 12.3. The first-order chi connectivity index (χ1) is 9.72.